The summed E-state index contributed by atoms with van der Waals surface area (Å²) >= 11 is 1.70. The second-order valence-electron chi connectivity index (χ2n) is 7.42. The van der Waals surface area contributed by atoms with E-state index in [-0.39, 0.29) is 6.09 Å². The number of piperidine rings is 1. The third-order valence-electron chi connectivity index (χ3n) is 4.19. The normalized spacial score (nSPS) is 20.6. The predicted octanol–water partition coefficient (Wildman–Crippen LogP) is 3.78. The first-order chi connectivity index (χ1) is 10.8. The number of ether oxygens (including phenoxy) is 1. The van der Waals surface area contributed by atoms with Crippen molar-refractivity contribution < 1.29 is 9.53 Å². The zero-order chi connectivity index (χ0) is 17.0. The van der Waals surface area contributed by atoms with Crippen molar-refractivity contribution in [2.45, 2.75) is 52.2 Å². The molecule has 1 aliphatic rings. The smallest absolute Gasteiger partial charge is 0.410 e. The highest BCUT2D eigenvalue weighted by atomic mass is 32.1. The maximum atomic E-state index is 12.2. The molecule has 0 aromatic carbocycles. The maximum Gasteiger partial charge on any atom is 0.410 e. The minimum atomic E-state index is -0.430. The molecule has 0 bridgehead atoms. The van der Waals surface area contributed by atoms with Gasteiger partial charge in [-0.05, 0) is 53.5 Å². The van der Waals surface area contributed by atoms with Gasteiger partial charge in [-0.15, -0.1) is 11.3 Å². The van der Waals surface area contributed by atoms with Gasteiger partial charge in [0, 0.05) is 31.2 Å². The first-order valence-electron chi connectivity index (χ1n) is 8.34. The third-order valence-corrected chi connectivity index (χ3v) is 5.13. The Hall–Kier alpha value is -1.14. The monoisotopic (exact) mass is 339 g/mol. The van der Waals surface area contributed by atoms with Gasteiger partial charge in [0.2, 0.25) is 0 Å². The van der Waals surface area contributed by atoms with Crippen molar-refractivity contribution in [2.24, 2.45) is 5.92 Å². The largest absolute Gasteiger partial charge is 0.444 e. The minimum Gasteiger partial charge on any atom is -0.444 e. The molecule has 0 saturated carbocycles. The summed E-state index contributed by atoms with van der Waals surface area (Å²) in [5, 5.41) is 3.16. The topological polar surface area (TPSA) is 45.7 Å². The van der Waals surface area contributed by atoms with E-state index in [9.17, 15) is 4.79 Å². The van der Waals surface area contributed by atoms with Gasteiger partial charge in [0.25, 0.3) is 0 Å². The Balaban J connectivity index is 1.87. The van der Waals surface area contributed by atoms with Crippen LogP contribution in [0.25, 0.3) is 0 Å². The zero-order valence-corrected chi connectivity index (χ0v) is 15.7. The van der Waals surface area contributed by atoms with Crippen molar-refractivity contribution in [3.63, 3.8) is 0 Å². The standard InChI is InChI=1S/C17H29N3O2S/c1-13(15-18-8-10-23-15)19(5)11-14-7-6-9-20(12-14)16(21)22-17(2,3)4/h8,10,13-14H,6-7,9,11-12H2,1-5H3/t13-,14-/m1/s1. The summed E-state index contributed by atoms with van der Waals surface area (Å²) in [5.74, 6) is 0.490. The lowest BCUT2D eigenvalue weighted by Gasteiger charge is -2.36. The van der Waals surface area contributed by atoms with Crippen LogP contribution in [0.15, 0.2) is 11.6 Å². The SMILES string of the molecule is C[C@H](c1nccs1)N(C)C[C@H]1CCCN(C(=O)OC(C)(C)C)C1. The van der Waals surface area contributed by atoms with Crippen LogP contribution in [0.4, 0.5) is 4.79 Å². The van der Waals surface area contributed by atoms with Gasteiger partial charge in [0.1, 0.15) is 10.6 Å². The van der Waals surface area contributed by atoms with Gasteiger partial charge < -0.3 is 9.64 Å². The van der Waals surface area contributed by atoms with E-state index in [0.717, 1.165) is 37.5 Å². The van der Waals surface area contributed by atoms with E-state index < -0.39 is 5.60 Å². The van der Waals surface area contributed by atoms with Crippen LogP contribution in [0.3, 0.4) is 0 Å². The van der Waals surface area contributed by atoms with Crippen LogP contribution in [0, 0.1) is 5.92 Å². The molecule has 1 aliphatic heterocycles. The van der Waals surface area contributed by atoms with Crippen LogP contribution >= 0.6 is 11.3 Å². The van der Waals surface area contributed by atoms with E-state index in [0.29, 0.717) is 12.0 Å². The molecule has 2 atom stereocenters. The number of hydrogen-bond donors (Lipinski definition) is 0. The summed E-state index contributed by atoms with van der Waals surface area (Å²) in [5.41, 5.74) is -0.430. The van der Waals surface area contributed by atoms with Crippen LogP contribution in [-0.4, -0.2) is 53.2 Å². The molecule has 1 fully saturated rings. The van der Waals surface area contributed by atoms with Crippen LogP contribution < -0.4 is 0 Å². The number of aromatic nitrogens is 1. The van der Waals surface area contributed by atoms with Gasteiger partial charge in [-0.1, -0.05) is 0 Å². The third kappa shape index (κ3) is 5.46. The van der Waals surface area contributed by atoms with E-state index in [1.165, 1.54) is 0 Å². The van der Waals surface area contributed by atoms with Gasteiger partial charge in [-0.25, -0.2) is 9.78 Å². The fourth-order valence-corrected chi connectivity index (χ4v) is 3.66. The number of likely N-dealkylation sites (tertiary alicyclic amines) is 1. The molecule has 0 unspecified atom stereocenters. The molecule has 1 aromatic heterocycles. The lowest BCUT2D eigenvalue weighted by atomic mass is 9.97. The van der Waals surface area contributed by atoms with E-state index in [1.807, 2.05) is 37.2 Å². The van der Waals surface area contributed by atoms with Crippen LogP contribution in [-0.2, 0) is 4.74 Å². The summed E-state index contributed by atoms with van der Waals surface area (Å²) in [6.45, 7) is 10.5. The fourth-order valence-electron chi connectivity index (χ4n) is 2.90. The summed E-state index contributed by atoms with van der Waals surface area (Å²) in [7, 11) is 2.14. The number of amides is 1. The number of hydrogen-bond acceptors (Lipinski definition) is 5. The van der Waals surface area contributed by atoms with E-state index in [2.05, 4.69) is 23.9 Å². The Morgan fingerprint density at radius 3 is 2.91 bits per heavy atom. The molecule has 0 spiro atoms. The van der Waals surface area contributed by atoms with E-state index in [4.69, 9.17) is 4.74 Å². The van der Waals surface area contributed by atoms with Gasteiger partial charge in [0.15, 0.2) is 0 Å². The van der Waals surface area contributed by atoms with Crippen molar-refractivity contribution in [1.82, 2.24) is 14.8 Å². The molecule has 1 saturated heterocycles. The summed E-state index contributed by atoms with van der Waals surface area (Å²) in [4.78, 5) is 20.9. The predicted molar refractivity (Wildman–Crippen MR) is 93.7 cm³/mol. The van der Waals surface area contributed by atoms with Crippen LogP contribution in [0.5, 0.6) is 0 Å². The van der Waals surface area contributed by atoms with Crippen molar-refractivity contribution in [1.29, 1.82) is 0 Å². The molecule has 5 nitrogen and oxygen atoms in total. The highest BCUT2D eigenvalue weighted by molar-refractivity contribution is 7.09. The van der Waals surface area contributed by atoms with Crippen molar-refractivity contribution in [3.8, 4) is 0 Å². The van der Waals surface area contributed by atoms with Crippen molar-refractivity contribution >= 4 is 17.4 Å². The zero-order valence-electron chi connectivity index (χ0n) is 14.9. The Morgan fingerprint density at radius 2 is 2.30 bits per heavy atom. The molecule has 0 N–H and O–H groups in total. The van der Waals surface area contributed by atoms with Crippen LogP contribution in [0.1, 0.15) is 51.6 Å². The molecule has 1 amide bonds. The molecule has 23 heavy (non-hydrogen) atoms. The minimum absolute atomic E-state index is 0.183. The average molecular weight is 340 g/mol. The quantitative estimate of drug-likeness (QED) is 0.837. The molecule has 2 heterocycles. The summed E-state index contributed by atoms with van der Waals surface area (Å²) < 4.78 is 5.50. The Kier molecular flexibility index (Phi) is 6.03. The Morgan fingerprint density at radius 1 is 1.57 bits per heavy atom. The van der Waals surface area contributed by atoms with E-state index in [1.54, 1.807) is 11.3 Å². The lowest BCUT2D eigenvalue weighted by molar-refractivity contribution is 0.0142. The number of carbonyl (C=O) groups excluding carboxylic acids is 1. The molecular formula is C17H29N3O2S. The van der Waals surface area contributed by atoms with Crippen molar-refractivity contribution in [3.05, 3.63) is 16.6 Å². The van der Waals surface area contributed by atoms with Gasteiger partial charge in [-0.3, -0.25) is 4.90 Å². The molecular weight excluding hydrogens is 310 g/mol. The highest BCUT2D eigenvalue weighted by Gasteiger charge is 2.29. The van der Waals surface area contributed by atoms with Gasteiger partial charge >= 0.3 is 6.09 Å². The van der Waals surface area contributed by atoms with Gasteiger partial charge in [-0.2, -0.15) is 0 Å². The molecule has 1 aromatic rings. The Bertz CT molecular complexity index is 498. The summed E-state index contributed by atoms with van der Waals surface area (Å²) in [6.07, 6.45) is 3.88. The number of thiazole rings is 1. The number of nitrogens with zero attached hydrogens (tertiary/aromatic N) is 3. The van der Waals surface area contributed by atoms with E-state index >= 15 is 0 Å². The molecule has 0 aliphatic carbocycles. The highest BCUT2D eigenvalue weighted by Crippen LogP contribution is 2.25. The average Bonchev–Trinajstić information content (AvgIpc) is 2.99. The van der Waals surface area contributed by atoms with Crippen molar-refractivity contribution in [2.75, 3.05) is 26.7 Å². The molecule has 6 heteroatoms. The first kappa shape index (κ1) is 18.2. The molecule has 0 radical (unpaired) electrons. The van der Waals surface area contributed by atoms with Gasteiger partial charge in [0.05, 0.1) is 6.04 Å². The molecule has 130 valence electrons. The second kappa shape index (κ2) is 7.62. The molecule has 2 rings (SSSR count). The Labute approximate surface area is 143 Å². The maximum absolute atomic E-state index is 12.2. The second-order valence-corrected chi connectivity index (χ2v) is 8.35. The number of rotatable bonds is 4. The summed E-state index contributed by atoms with van der Waals surface area (Å²) in [6, 6.07) is 0.312. The first-order valence-corrected chi connectivity index (χ1v) is 9.22. The number of carbonyl (C=O) groups is 1. The lowest BCUT2D eigenvalue weighted by Crippen LogP contribution is -2.45. The fraction of sp³-hybridized carbons (Fsp3) is 0.765. The van der Waals surface area contributed by atoms with Crippen LogP contribution in [0.2, 0.25) is 0 Å².